The second-order valence-corrected chi connectivity index (χ2v) is 3.75. The lowest BCUT2D eigenvalue weighted by Crippen LogP contribution is -2.00. The van der Waals surface area contributed by atoms with Crippen LogP contribution in [0.15, 0.2) is 36.7 Å². The topological polar surface area (TPSA) is 56.3 Å². The number of hydrogen-bond acceptors (Lipinski definition) is 5. The van der Waals surface area contributed by atoms with Crippen LogP contribution in [0.4, 0.5) is 5.82 Å². The first kappa shape index (κ1) is 13.1. The summed E-state index contributed by atoms with van der Waals surface area (Å²) >= 11 is 0. The molecular formula is C14H17N3O2. The van der Waals surface area contributed by atoms with Crippen LogP contribution in [0.25, 0.3) is 0 Å². The molecule has 0 atom stereocenters. The van der Waals surface area contributed by atoms with Gasteiger partial charge < -0.3 is 14.8 Å². The maximum Gasteiger partial charge on any atom is 0.224 e. The summed E-state index contributed by atoms with van der Waals surface area (Å²) in [7, 11) is 0. The van der Waals surface area contributed by atoms with Crippen LogP contribution in [-0.4, -0.2) is 23.1 Å². The van der Waals surface area contributed by atoms with E-state index in [1.165, 1.54) is 6.33 Å². The zero-order chi connectivity index (χ0) is 13.5. The van der Waals surface area contributed by atoms with E-state index in [9.17, 15) is 0 Å². The van der Waals surface area contributed by atoms with E-state index in [1.54, 1.807) is 6.07 Å². The molecule has 0 unspecified atom stereocenters. The van der Waals surface area contributed by atoms with Crippen molar-refractivity contribution >= 4 is 5.82 Å². The largest absolute Gasteiger partial charge is 0.490 e. The molecule has 1 heterocycles. The highest BCUT2D eigenvalue weighted by molar-refractivity contribution is 5.43. The Morgan fingerprint density at radius 1 is 1.11 bits per heavy atom. The number of hydrogen-bond donors (Lipinski definition) is 1. The Morgan fingerprint density at radius 2 is 1.89 bits per heavy atom. The highest BCUT2D eigenvalue weighted by Gasteiger charge is 2.06. The van der Waals surface area contributed by atoms with Gasteiger partial charge in [-0.3, -0.25) is 0 Å². The Morgan fingerprint density at radius 3 is 2.63 bits per heavy atom. The zero-order valence-electron chi connectivity index (χ0n) is 11.1. The maximum atomic E-state index is 5.73. The van der Waals surface area contributed by atoms with Crippen LogP contribution in [0.1, 0.15) is 13.8 Å². The van der Waals surface area contributed by atoms with Crippen molar-refractivity contribution < 1.29 is 9.47 Å². The number of anilines is 1. The summed E-state index contributed by atoms with van der Waals surface area (Å²) in [6.45, 7) is 5.33. The molecule has 0 amide bonds. The molecule has 19 heavy (non-hydrogen) atoms. The van der Waals surface area contributed by atoms with Crippen molar-refractivity contribution in [1.82, 2.24) is 9.97 Å². The van der Waals surface area contributed by atoms with Gasteiger partial charge in [-0.25, -0.2) is 9.97 Å². The number of nitrogens with zero attached hydrogens (tertiary/aromatic N) is 2. The van der Waals surface area contributed by atoms with E-state index < -0.39 is 0 Å². The van der Waals surface area contributed by atoms with Gasteiger partial charge in [-0.2, -0.15) is 0 Å². The van der Waals surface area contributed by atoms with Crippen LogP contribution in [-0.2, 0) is 0 Å². The van der Waals surface area contributed by atoms with E-state index >= 15 is 0 Å². The van der Waals surface area contributed by atoms with E-state index in [0.29, 0.717) is 24.0 Å². The van der Waals surface area contributed by atoms with E-state index in [1.807, 2.05) is 38.1 Å². The van der Waals surface area contributed by atoms with Gasteiger partial charge in [0.05, 0.1) is 6.61 Å². The number of aromatic nitrogens is 2. The summed E-state index contributed by atoms with van der Waals surface area (Å²) in [5.41, 5.74) is 0. The van der Waals surface area contributed by atoms with Crippen molar-refractivity contribution in [3.8, 4) is 17.4 Å². The molecule has 0 fully saturated rings. The van der Waals surface area contributed by atoms with Crippen molar-refractivity contribution in [2.24, 2.45) is 0 Å². The van der Waals surface area contributed by atoms with E-state index in [0.717, 1.165) is 12.4 Å². The number of benzene rings is 1. The third-order valence-electron chi connectivity index (χ3n) is 2.36. The minimum Gasteiger partial charge on any atom is -0.490 e. The quantitative estimate of drug-likeness (QED) is 0.863. The maximum absolute atomic E-state index is 5.73. The third kappa shape index (κ3) is 3.58. The fourth-order valence-corrected chi connectivity index (χ4v) is 1.59. The first-order valence-corrected chi connectivity index (χ1v) is 6.29. The predicted molar refractivity (Wildman–Crippen MR) is 73.9 cm³/mol. The van der Waals surface area contributed by atoms with Gasteiger partial charge in [-0.05, 0) is 26.0 Å². The Hall–Kier alpha value is -2.30. The number of nitrogens with one attached hydrogen (secondary N) is 1. The first-order valence-electron chi connectivity index (χ1n) is 6.29. The van der Waals surface area contributed by atoms with Gasteiger partial charge in [-0.15, -0.1) is 0 Å². The number of para-hydroxylation sites is 2. The van der Waals surface area contributed by atoms with Gasteiger partial charge in [-0.1, -0.05) is 12.1 Å². The lowest BCUT2D eigenvalue weighted by molar-refractivity contribution is 0.319. The van der Waals surface area contributed by atoms with Crippen LogP contribution in [0, 0.1) is 0 Å². The van der Waals surface area contributed by atoms with E-state index in [-0.39, 0.29) is 0 Å². The minimum atomic E-state index is 0.484. The molecule has 0 saturated heterocycles. The van der Waals surface area contributed by atoms with Crippen molar-refractivity contribution in [2.75, 3.05) is 18.5 Å². The molecule has 1 N–H and O–H groups in total. The number of rotatable bonds is 6. The number of ether oxygens (including phenoxy) is 2. The fourth-order valence-electron chi connectivity index (χ4n) is 1.59. The Bertz CT molecular complexity index is 532. The first-order chi connectivity index (χ1) is 9.33. The van der Waals surface area contributed by atoms with Gasteiger partial charge in [0, 0.05) is 12.6 Å². The van der Waals surface area contributed by atoms with Gasteiger partial charge in [0.25, 0.3) is 0 Å². The Balaban J connectivity index is 2.18. The molecule has 0 radical (unpaired) electrons. The monoisotopic (exact) mass is 259 g/mol. The van der Waals surface area contributed by atoms with Crippen LogP contribution in [0.3, 0.4) is 0 Å². The molecule has 5 heteroatoms. The van der Waals surface area contributed by atoms with Crippen LogP contribution < -0.4 is 14.8 Å². The minimum absolute atomic E-state index is 0.484. The van der Waals surface area contributed by atoms with Crippen molar-refractivity contribution in [3.63, 3.8) is 0 Å². The van der Waals surface area contributed by atoms with Gasteiger partial charge in [0.2, 0.25) is 5.88 Å². The molecule has 2 rings (SSSR count). The van der Waals surface area contributed by atoms with Gasteiger partial charge in [0.1, 0.15) is 12.1 Å². The van der Waals surface area contributed by atoms with Crippen molar-refractivity contribution in [1.29, 1.82) is 0 Å². The molecule has 5 nitrogen and oxygen atoms in total. The second-order valence-electron chi connectivity index (χ2n) is 3.75. The summed E-state index contributed by atoms with van der Waals surface area (Å²) < 4.78 is 11.2. The Labute approximate surface area is 112 Å². The summed E-state index contributed by atoms with van der Waals surface area (Å²) in [5.74, 6) is 2.57. The van der Waals surface area contributed by atoms with Crippen LogP contribution in [0.2, 0.25) is 0 Å². The predicted octanol–water partition coefficient (Wildman–Crippen LogP) is 3.10. The standard InChI is InChI=1S/C14H17N3O2/c1-3-15-13-9-14(17-10-16-13)19-12-8-6-5-7-11(12)18-4-2/h5-10H,3-4H2,1-2H3,(H,15,16,17). The van der Waals surface area contributed by atoms with Crippen molar-refractivity contribution in [3.05, 3.63) is 36.7 Å². The molecule has 1 aromatic heterocycles. The van der Waals surface area contributed by atoms with E-state index in [2.05, 4.69) is 15.3 Å². The summed E-state index contributed by atoms with van der Waals surface area (Å²) in [6.07, 6.45) is 1.47. The smallest absolute Gasteiger partial charge is 0.224 e. The molecule has 0 aliphatic heterocycles. The molecule has 0 saturated carbocycles. The summed E-state index contributed by atoms with van der Waals surface area (Å²) in [5, 5.41) is 3.11. The summed E-state index contributed by atoms with van der Waals surface area (Å²) in [4.78, 5) is 8.19. The molecule has 2 aromatic rings. The van der Waals surface area contributed by atoms with Crippen molar-refractivity contribution in [2.45, 2.75) is 13.8 Å². The zero-order valence-corrected chi connectivity index (χ0v) is 11.1. The average Bonchev–Trinajstić information content (AvgIpc) is 2.42. The highest BCUT2D eigenvalue weighted by atomic mass is 16.5. The Kier molecular flexibility index (Phi) is 4.55. The summed E-state index contributed by atoms with van der Waals surface area (Å²) in [6, 6.07) is 9.27. The average molecular weight is 259 g/mol. The molecule has 100 valence electrons. The normalized spacial score (nSPS) is 10.0. The SMILES string of the molecule is CCNc1cc(Oc2ccccc2OCC)ncn1. The molecule has 1 aromatic carbocycles. The molecule has 0 bridgehead atoms. The molecular weight excluding hydrogens is 242 g/mol. The molecule has 0 aliphatic carbocycles. The molecule has 0 spiro atoms. The third-order valence-corrected chi connectivity index (χ3v) is 2.36. The van der Waals surface area contributed by atoms with Crippen LogP contribution in [0.5, 0.6) is 17.4 Å². The van der Waals surface area contributed by atoms with E-state index in [4.69, 9.17) is 9.47 Å². The lowest BCUT2D eigenvalue weighted by atomic mass is 10.3. The second kappa shape index (κ2) is 6.58. The van der Waals surface area contributed by atoms with Gasteiger partial charge in [0.15, 0.2) is 11.5 Å². The fraction of sp³-hybridized carbons (Fsp3) is 0.286. The van der Waals surface area contributed by atoms with Crippen LogP contribution >= 0.6 is 0 Å². The lowest BCUT2D eigenvalue weighted by Gasteiger charge is -2.11. The van der Waals surface area contributed by atoms with Gasteiger partial charge >= 0.3 is 0 Å². The molecule has 0 aliphatic rings. The highest BCUT2D eigenvalue weighted by Crippen LogP contribution is 2.30.